The Morgan fingerprint density at radius 1 is 0.909 bits per heavy atom. The summed E-state index contributed by atoms with van der Waals surface area (Å²) in [6.07, 6.45) is 1.11. The van der Waals surface area contributed by atoms with Gasteiger partial charge in [-0.3, -0.25) is 24.1 Å². The van der Waals surface area contributed by atoms with Crippen LogP contribution in [0.5, 0.6) is 0 Å². The predicted octanol–water partition coefficient (Wildman–Crippen LogP) is 3.05. The zero-order chi connectivity index (χ0) is 24.0. The average molecular weight is 450 g/mol. The molecule has 1 heterocycles. The lowest BCUT2D eigenvalue weighted by Crippen LogP contribution is -2.50. The normalized spacial score (nSPS) is 13.8. The van der Waals surface area contributed by atoms with Gasteiger partial charge in [-0.1, -0.05) is 42.5 Å². The van der Waals surface area contributed by atoms with Gasteiger partial charge in [0.2, 0.25) is 11.8 Å². The molecule has 1 aliphatic heterocycles. The zero-order valence-electron chi connectivity index (χ0n) is 19.4. The van der Waals surface area contributed by atoms with Crippen LogP contribution >= 0.6 is 0 Å². The minimum absolute atomic E-state index is 0.0279. The molecule has 2 aromatic carbocycles. The molecule has 0 aliphatic carbocycles. The van der Waals surface area contributed by atoms with E-state index in [0.717, 1.165) is 5.56 Å². The van der Waals surface area contributed by atoms with Crippen molar-refractivity contribution in [2.45, 2.75) is 52.1 Å². The van der Waals surface area contributed by atoms with Gasteiger partial charge >= 0.3 is 0 Å². The van der Waals surface area contributed by atoms with Crippen LogP contribution in [-0.4, -0.2) is 58.6 Å². The van der Waals surface area contributed by atoms with Crippen LogP contribution in [0.4, 0.5) is 0 Å². The highest BCUT2D eigenvalue weighted by Crippen LogP contribution is 2.22. The van der Waals surface area contributed by atoms with Gasteiger partial charge in [-0.25, -0.2) is 0 Å². The molecule has 3 rings (SSSR count). The number of nitrogens with one attached hydrogen (secondary N) is 1. The van der Waals surface area contributed by atoms with Gasteiger partial charge in [0.1, 0.15) is 6.04 Å². The summed E-state index contributed by atoms with van der Waals surface area (Å²) in [7, 11) is 0. The minimum Gasteiger partial charge on any atom is -0.352 e. The van der Waals surface area contributed by atoms with Gasteiger partial charge < -0.3 is 10.2 Å². The number of imide groups is 1. The number of carbonyl (C=O) groups is 4. The molecule has 1 N–H and O–H groups in total. The van der Waals surface area contributed by atoms with Gasteiger partial charge in [-0.2, -0.15) is 0 Å². The number of carbonyl (C=O) groups excluding carboxylic acids is 4. The van der Waals surface area contributed by atoms with E-state index in [1.165, 1.54) is 4.90 Å². The highest BCUT2D eigenvalue weighted by Gasteiger charge is 2.35. The van der Waals surface area contributed by atoms with E-state index in [1.807, 2.05) is 44.2 Å². The predicted molar refractivity (Wildman–Crippen MR) is 126 cm³/mol. The molecule has 0 radical (unpaired) electrons. The highest BCUT2D eigenvalue weighted by atomic mass is 16.2. The van der Waals surface area contributed by atoms with Gasteiger partial charge in [0.05, 0.1) is 11.1 Å². The number of rotatable bonds is 10. The summed E-state index contributed by atoms with van der Waals surface area (Å²) >= 11 is 0. The van der Waals surface area contributed by atoms with Crippen LogP contribution < -0.4 is 5.32 Å². The smallest absolute Gasteiger partial charge is 0.261 e. The number of fused-ring (bicyclic) bond motifs is 1. The first kappa shape index (κ1) is 24.2. The molecule has 0 bridgehead atoms. The highest BCUT2D eigenvalue weighted by molar-refractivity contribution is 6.21. The number of hydrogen-bond acceptors (Lipinski definition) is 4. The third kappa shape index (κ3) is 5.86. The van der Waals surface area contributed by atoms with Gasteiger partial charge in [-0.05, 0) is 51.3 Å². The SMILES string of the molecule is CC(C)NC(=O)C(C)N(CCc1ccccc1)C(=O)CCCN1C(=O)c2ccccc2C1=O. The molecule has 7 nitrogen and oxygen atoms in total. The molecule has 1 atom stereocenters. The van der Waals surface area contributed by atoms with Crippen molar-refractivity contribution in [2.24, 2.45) is 0 Å². The zero-order valence-corrected chi connectivity index (χ0v) is 19.4. The first-order valence-corrected chi connectivity index (χ1v) is 11.4. The van der Waals surface area contributed by atoms with Gasteiger partial charge in [0, 0.05) is 25.6 Å². The van der Waals surface area contributed by atoms with Crippen LogP contribution in [0.25, 0.3) is 0 Å². The van der Waals surface area contributed by atoms with E-state index in [1.54, 1.807) is 36.1 Å². The van der Waals surface area contributed by atoms with E-state index in [9.17, 15) is 19.2 Å². The summed E-state index contributed by atoms with van der Waals surface area (Å²) in [5.74, 6) is -1.02. The second kappa shape index (κ2) is 10.9. The summed E-state index contributed by atoms with van der Waals surface area (Å²) in [5, 5.41) is 2.87. The van der Waals surface area contributed by atoms with E-state index < -0.39 is 6.04 Å². The largest absolute Gasteiger partial charge is 0.352 e. The third-order valence-electron chi connectivity index (χ3n) is 5.73. The topological polar surface area (TPSA) is 86.8 Å². The van der Waals surface area contributed by atoms with Crippen LogP contribution in [0.2, 0.25) is 0 Å². The lowest BCUT2D eigenvalue weighted by Gasteiger charge is -2.29. The van der Waals surface area contributed by atoms with Gasteiger partial charge in [0.25, 0.3) is 11.8 Å². The first-order chi connectivity index (χ1) is 15.8. The Hall–Kier alpha value is -3.48. The Balaban J connectivity index is 1.62. The number of nitrogens with zero attached hydrogens (tertiary/aromatic N) is 2. The van der Waals surface area contributed by atoms with Crippen molar-refractivity contribution in [3.8, 4) is 0 Å². The van der Waals surface area contributed by atoms with Crippen molar-refractivity contribution in [2.75, 3.05) is 13.1 Å². The maximum atomic E-state index is 13.1. The number of benzene rings is 2. The maximum Gasteiger partial charge on any atom is 0.261 e. The fourth-order valence-corrected chi connectivity index (χ4v) is 3.95. The van der Waals surface area contributed by atoms with Crippen molar-refractivity contribution in [1.29, 1.82) is 0 Å². The van der Waals surface area contributed by atoms with E-state index in [4.69, 9.17) is 0 Å². The van der Waals surface area contributed by atoms with Crippen LogP contribution in [0.15, 0.2) is 54.6 Å². The summed E-state index contributed by atoms with van der Waals surface area (Å²) in [6, 6.07) is 15.9. The van der Waals surface area contributed by atoms with Gasteiger partial charge in [-0.15, -0.1) is 0 Å². The monoisotopic (exact) mass is 449 g/mol. The number of hydrogen-bond donors (Lipinski definition) is 1. The molecule has 4 amide bonds. The molecule has 174 valence electrons. The quantitative estimate of drug-likeness (QED) is 0.565. The Morgan fingerprint density at radius 3 is 2.06 bits per heavy atom. The third-order valence-corrected chi connectivity index (χ3v) is 5.73. The van der Waals surface area contributed by atoms with E-state index in [2.05, 4.69) is 5.32 Å². The minimum atomic E-state index is -0.622. The molecular formula is C26H31N3O4. The molecule has 0 aromatic heterocycles. The van der Waals surface area contributed by atoms with E-state index in [-0.39, 0.29) is 42.6 Å². The van der Waals surface area contributed by atoms with Crippen LogP contribution in [0.3, 0.4) is 0 Å². The maximum absolute atomic E-state index is 13.1. The second-order valence-corrected chi connectivity index (χ2v) is 8.57. The molecule has 0 saturated heterocycles. The van der Waals surface area contributed by atoms with E-state index in [0.29, 0.717) is 30.5 Å². The fourth-order valence-electron chi connectivity index (χ4n) is 3.95. The molecule has 1 aliphatic rings. The Bertz CT molecular complexity index is 984. The van der Waals surface area contributed by atoms with Crippen molar-refractivity contribution < 1.29 is 19.2 Å². The van der Waals surface area contributed by atoms with Crippen molar-refractivity contribution in [3.63, 3.8) is 0 Å². The molecule has 0 spiro atoms. The second-order valence-electron chi connectivity index (χ2n) is 8.57. The lowest BCUT2D eigenvalue weighted by molar-refractivity contribution is -0.140. The number of amides is 4. The fraction of sp³-hybridized carbons (Fsp3) is 0.385. The Labute approximate surface area is 194 Å². The first-order valence-electron chi connectivity index (χ1n) is 11.4. The summed E-state index contributed by atoms with van der Waals surface area (Å²) in [6.45, 7) is 6.05. The van der Waals surface area contributed by atoms with E-state index >= 15 is 0 Å². The molecule has 33 heavy (non-hydrogen) atoms. The molecule has 0 fully saturated rings. The summed E-state index contributed by atoms with van der Waals surface area (Å²) < 4.78 is 0. The van der Waals surface area contributed by atoms with Crippen molar-refractivity contribution in [1.82, 2.24) is 15.1 Å². The van der Waals surface area contributed by atoms with Crippen molar-refractivity contribution in [3.05, 3.63) is 71.3 Å². The molecule has 1 unspecified atom stereocenters. The molecular weight excluding hydrogens is 418 g/mol. The van der Waals surface area contributed by atoms with Gasteiger partial charge in [0.15, 0.2) is 0 Å². The van der Waals surface area contributed by atoms with Crippen LogP contribution in [0.1, 0.15) is 59.9 Å². The van der Waals surface area contributed by atoms with Crippen LogP contribution in [-0.2, 0) is 16.0 Å². The molecule has 2 aromatic rings. The average Bonchev–Trinajstić information content (AvgIpc) is 3.04. The Kier molecular flexibility index (Phi) is 7.98. The Morgan fingerprint density at radius 2 is 1.48 bits per heavy atom. The lowest BCUT2D eigenvalue weighted by atomic mass is 10.1. The summed E-state index contributed by atoms with van der Waals surface area (Å²) in [5.41, 5.74) is 1.88. The molecule has 7 heteroatoms. The van der Waals surface area contributed by atoms with Crippen molar-refractivity contribution >= 4 is 23.6 Å². The standard InChI is InChI=1S/C26H31N3O4/c1-18(2)27-24(31)19(3)28(17-15-20-10-5-4-6-11-20)23(30)14-9-16-29-25(32)21-12-7-8-13-22(21)26(29)33/h4-8,10-13,18-19H,9,14-17H2,1-3H3,(H,27,31). The molecule has 0 saturated carbocycles. The van der Waals surface area contributed by atoms with Crippen LogP contribution in [0, 0.1) is 0 Å². The summed E-state index contributed by atoms with van der Waals surface area (Å²) in [4.78, 5) is 53.6.